The van der Waals surface area contributed by atoms with Crippen LogP contribution in [0.3, 0.4) is 0 Å². The highest BCUT2D eigenvalue weighted by Gasteiger charge is 2.13. The van der Waals surface area contributed by atoms with Gasteiger partial charge in [-0.2, -0.15) is 9.97 Å². The van der Waals surface area contributed by atoms with Crippen molar-refractivity contribution in [1.29, 1.82) is 0 Å². The van der Waals surface area contributed by atoms with E-state index in [1.807, 2.05) is 0 Å². The molecule has 3 aromatic rings. The molecule has 2 aromatic carbocycles. The van der Waals surface area contributed by atoms with E-state index in [4.69, 9.17) is 14.2 Å². The van der Waals surface area contributed by atoms with Crippen molar-refractivity contribution in [1.82, 2.24) is 9.97 Å². The summed E-state index contributed by atoms with van der Waals surface area (Å²) < 4.78 is 55.7. The van der Waals surface area contributed by atoms with E-state index in [1.54, 1.807) is 24.3 Å². The number of nitrogens with one attached hydrogen (secondary N) is 1. The molecule has 0 aliphatic rings. The summed E-state index contributed by atoms with van der Waals surface area (Å²) in [4.78, 5) is 8.17. The summed E-state index contributed by atoms with van der Waals surface area (Å²) in [6.45, 7) is 0.0385. The standard InChI is InChI=1S/C19H16F3N3O3/c1-26-16-9-17(27-2)25-19(24-16)28-15-6-4-3-5-14(15)23-10-11-7-12(20)18(22)13(21)8-11/h3-9,23H,10H2,1-2H3. The Kier molecular flexibility index (Phi) is 5.83. The first-order valence-electron chi connectivity index (χ1n) is 8.11. The van der Waals surface area contributed by atoms with Gasteiger partial charge in [0.05, 0.1) is 26.0 Å². The molecule has 0 spiro atoms. The Hall–Kier alpha value is -3.49. The van der Waals surface area contributed by atoms with Crippen molar-refractivity contribution in [2.24, 2.45) is 0 Å². The maximum Gasteiger partial charge on any atom is 0.328 e. The van der Waals surface area contributed by atoms with Crippen LogP contribution in [-0.2, 0) is 6.54 Å². The molecule has 1 heterocycles. The van der Waals surface area contributed by atoms with Crippen LogP contribution in [0, 0.1) is 17.5 Å². The van der Waals surface area contributed by atoms with Crippen molar-refractivity contribution < 1.29 is 27.4 Å². The molecule has 0 saturated carbocycles. The van der Waals surface area contributed by atoms with E-state index in [1.165, 1.54) is 20.3 Å². The molecule has 146 valence electrons. The zero-order chi connectivity index (χ0) is 20.1. The highest BCUT2D eigenvalue weighted by atomic mass is 19.2. The van der Waals surface area contributed by atoms with Crippen LogP contribution in [0.15, 0.2) is 42.5 Å². The van der Waals surface area contributed by atoms with Crippen LogP contribution in [0.5, 0.6) is 23.5 Å². The Labute approximate surface area is 158 Å². The van der Waals surface area contributed by atoms with Gasteiger partial charge < -0.3 is 19.5 Å². The molecule has 0 amide bonds. The topological polar surface area (TPSA) is 65.5 Å². The molecule has 0 saturated heterocycles. The van der Waals surface area contributed by atoms with Crippen LogP contribution < -0.4 is 19.5 Å². The van der Waals surface area contributed by atoms with Gasteiger partial charge in [0, 0.05) is 6.54 Å². The van der Waals surface area contributed by atoms with E-state index in [2.05, 4.69) is 15.3 Å². The number of ether oxygens (including phenoxy) is 3. The van der Waals surface area contributed by atoms with Crippen molar-refractivity contribution in [2.45, 2.75) is 6.54 Å². The lowest BCUT2D eigenvalue weighted by Gasteiger charge is -2.13. The quantitative estimate of drug-likeness (QED) is 0.606. The summed E-state index contributed by atoms with van der Waals surface area (Å²) in [6, 6.07) is 10.2. The van der Waals surface area contributed by atoms with Crippen LogP contribution in [0.1, 0.15) is 5.56 Å². The molecule has 1 aromatic heterocycles. The number of benzene rings is 2. The maximum absolute atomic E-state index is 13.4. The fourth-order valence-electron chi connectivity index (χ4n) is 2.35. The Bertz CT molecular complexity index is 940. The molecule has 0 unspecified atom stereocenters. The van der Waals surface area contributed by atoms with Gasteiger partial charge in [0.1, 0.15) is 0 Å². The van der Waals surface area contributed by atoms with Gasteiger partial charge in [0.15, 0.2) is 23.2 Å². The lowest BCUT2D eigenvalue weighted by atomic mass is 10.2. The van der Waals surface area contributed by atoms with Crippen molar-refractivity contribution in [3.63, 3.8) is 0 Å². The Morgan fingerprint density at radius 2 is 1.50 bits per heavy atom. The first-order chi connectivity index (χ1) is 13.5. The van der Waals surface area contributed by atoms with Crippen molar-refractivity contribution >= 4 is 5.69 Å². The molecule has 0 radical (unpaired) electrons. The van der Waals surface area contributed by atoms with Gasteiger partial charge in [-0.15, -0.1) is 0 Å². The van der Waals surface area contributed by atoms with Gasteiger partial charge in [-0.25, -0.2) is 13.2 Å². The van der Waals surface area contributed by atoms with Crippen molar-refractivity contribution in [3.8, 4) is 23.5 Å². The molecule has 1 N–H and O–H groups in total. The molecule has 9 heteroatoms. The number of nitrogens with zero attached hydrogens (tertiary/aromatic N) is 2. The third kappa shape index (κ3) is 4.43. The lowest BCUT2D eigenvalue weighted by molar-refractivity contribution is 0.348. The number of hydrogen-bond donors (Lipinski definition) is 1. The molecule has 0 fully saturated rings. The van der Waals surface area contributed by atoms with Gasteiger partial charge in [0.2, 0.25) is 11.8 Å². The van der Waals surface area contributed by atoms with Gasteiger partial charge in [-0.3, -0.25) is 0 Å². The largest absolute Gasteiger partial charge is 0.481 e. The molecule has 6 nitrogen and oxygen atoms in total. The average Bonchev–Trinajstić information content (AvgIpc) is 2.70. The van der Waals surface area contributed by atoms with Crippen LogP contribution >= 0.6 is 0 Å². The van der Waals surface area contributed by atoms with E-state index in [-0.39, 0.29) is 29.9 Å². The molecule has 28 heavy (non-hydrogen) atoms. The number of aromatic nitrogens is 2. The second-order valence-corrected chi connectivity index (χ2v) is 5.56. The summed E-state index contributed by atoms with van der Waals surface area (Å²) in [5.41, 5.74) is 0.739. The van der Waals surface area contributed by atoms with E-state index in [9.17, 15) is 13.2 Å². The van der Waals surface area contributed by atoms with E-state index in [0.717, 1.165) is 12.1 Å². The third-order valence-corrected chi connectivity index (χ3v) is 3.69. The Balaban J connectivity index is 1.80. The fourth-order valence-corrected chi connectivity index (χ4v) is 2.35. The van der Waals surface area contributed by atoms with Gasteiger partial charge >= 0.3 is 6.01 Å². The first-order valence-corrected chi connectivity index (χ1v) is 8.11. The second-order valence-electron chi connectivity index (χ2n) is 5.56. The molecule has 0 aliphatic heterocycles. The molecule has 0 bridgehead atoms. The summed E-state index contributed by atoms with van der Waals surface area (Å²) in [5.74, 6) is -3.14. The van der Waals surface area contributed by atoms with E-state index < -0.39 is 17.5 Å². The number of methoxy groups -OCH3 is 2. The smallest absolute Gasteiger partial charge is 0.328 e. The van der Waals surface area contributed by atoms with Crippen LogP contribution in [0.4, 0.5) is 18.9 Å². The zero-order valence-corrected chi connectivity index (χ0v) is 15.0. The number of halogens is 3. The van der Waals surface area contributed by atoms with E-state index >= 15 is 0 Å². The number of rotatable bonds is 7. The second kappa shape index (κ2) is 8.47. The zero-order valence-electron chi connectivity index (χ0n) is 15.0. The Morgan fingerprint density at radius 1 is 0.893 bits per heavy atom. The molecular weight excluding hydrogens is 375 g/mol. The number of hydrogen-bond acceptors (Lipinski definition) is 6. The minimum Gasteiger partial charge on any atom is -0.481 e. The third-order valence-electron chi connectivity index (χ3n) is 3.69. The van der Waals surface area contributed by atoms with E-state index in [0.29, 0.717) is 11.4 Å². The minimum atomic E-state index is -1.50. The predicted molar refractivity (Wildman–Crippen MR) is 95.3 cm³/mol. The number of para-hydroxylation sites is 2. The van der Waals surface area contributed by atoms with Gasteiger partial charge in [-0.1, -0.05) is 12.1 Å². The molecular formula is C19H16F3N3O3. The average molecular weight is 391 g/mol. The fraction of sp³-hybridized carbons (Fsp3) is 0.158. The monoisotopic (exact) mass is 391 g/mol. The van der Waals surface area contributed by atoms with Crippen LogP contribution in [0.2, 0.25) is 0 Å². The van der Waals surface area contributed by atoms with Crippen molar-refractivity contribution in [3.05, 3.63) is 65.5 Å². The summed E-state index contributed by atoms with van der Waals surface area (Å²) in [6.07, 6.45) is 0. The Morgan fingerprint density at radius 3 is 2.11 bits per heavy atom. The summed E-state index contributed by atoms with van der Waals surface area (Å²) >= 11 is 0. The number of anilines is 1. The summed E-state index contributed by atoms with van der Waals surface area (Å²) in [5, 5.41) is 2.98. The van der Waals surface area contributed by atoms with Crippen LogP contribution in [-0.4, -0.2) is 24.2 Å². The minimum absolute atomic E-state index is 0.00989. The predicted octanol–water partition coefficient (Wildman–Crippen LogP) is 4.32. The highest BCUT2D eigenvalue weighted by molar-refractivity contribution is 5.57. The van der Waals surface area contributed by atoms with Gasteiger partial charge in [0.25, 0.3) is 0 Å². The SMILES string of the molecule is COc1cc(OC)nc(Oc2ccccc2NCc2cc(F)c(F)c(F)c2)n1. The summed E-state index contributed by atoms with van der Waals surface area (Å²) in [7, 11) is 2.89. The maximum atomic E-state index is 13.4. The highest BCUT2D eigenvalue weighted by Crippen LogP contribution is 2.30. The normalized spacial score (nSPS) is 10.5. The van der Waals surface area contributed by atoms with Gasteiger partial charge in [-0.05, 0) is 29.8 Å². The molecule has 3 rings (SSSR count). The molecule has 0 aliphatic carbocycles. The lowest BCUT2D eigenvalue weighted by Crippen LogP contribution is -2.04. The van der Waals surface area contributed by atoms with Crippen molar-refractivity contribution in [2.75, 3.05) is 19.5 Å². The van der Waals surface area contributed by atoms with Crippen LogP contribution in [0.25, 0.3) is 0 Å². The first kappa shape index (κ1) is 19.3. The molecule has 0 atom stereocenters.